The molecule has 9 aromatic carbocycles. The van der Waals surface area contributed by atoms with E-state index in [9.17, 15) is 0 Å². The van der Waals surface area contributed by atoms with Gasteiger partial charge in [0.25, 0.3) is 0 Å². The van der Waals surface area contributed by atoms with Gasteiger partial charge < -0.3 is 4.74 Å². The number of fused-ring (bicyclic) bond motifs is 14. The van der Waals surface area contributed by atoms with Crippen molar-refractivity contribution in [2.24, 2.45) is 0 Å². The number of benzene rings is 9. The van der Waals surface area contributed by atoms with Crippen molar-refractivity contribution in [1.82, 2.24) is 0 Å². The predicted molar refractivity (Wildman–Crippen MR) is 224 cm³/mol. The summed E-state index contributed by atoms with van der Waals surface area (Å²) in [6.07, 6.45) is 0. The van der Waals surface area contributed by atoms with Gasteiger partial charge in [-0.15, -0.1) is 0 Å². The van der Waals surface area contributed by atoms with Gasteiger partial charge in [-0.3, -0.25) is 0 Å². The molecule has 55 heavy (non-hydrogen) atoms. The molecule has 256 valence electrons. The zero-order valence-corrected chi connectivity index (χ0v) is 30.0. The second kappa shape index (κ2) is 11.3. The average molecular weight is 699 g/mol. The van der Waals surface area contributed by atoms with Crippen LogP contribution in [-0.4, -0.2) is 0 Å². The number of hydrogen-bond donors (Lipinski definition) is 0. The Hall–Kier alpha value is -6.96. The summed E-state index contributed by atoms with van der Waals surface area (Å²) in [5, 5.41) is 2.56. The van der Waals surface area contributed by atoms with Crippen molar-refractivity contribution in [3.8, 4) is 44.9 Å². The van der Waals surface area contributed by atoms with Crippen LogP contribution in [0, 0.1) is 0 Å². The van der Waals surface area contributed by atoms with E-state index in [1.165, 1.54) is 77.5 Å². The van der Waals surface area contributed by atoms with E-state index in [2.05, 4.69) is 206 Å². The van der Waals surface area contributed by atoms with E-state index in [0.717, 1.165) is 22.6 Å². The van der Waals surface area contributed by atoms with Gasteiger partial charge in [0.1, 0.15) is 11.5 Å². The molecular formula is C54H34O. The maximum absolute atomic E-state index is 6.84. The lowest BCUT2D eigenvalue weighted by atomic mass is 9.63. The molecule has 1 aliphatic heterocycles. The van der Waals surface area contributed by atoms with Gasteiger partial charge in [-0.1, -0.05) is 188 Å². The van der Waals surface area contributed by atoms with Crippen molar-refractivity contribution in [2.75, 3.05) is 0 Å². The number of para-hydroxylation sites is 1. The van der Waals surface area contributed by atoms with Crippen molar-refractivity contribution < 1.29 is 4.74 Å². The lowest BCUT2D eigenvalue weighted by Crippen LogP contribution is -2.34. The monoisotopic (exact) mass is 698 g/mol. The molecule has 1 spiro atoms. The Labute approximate surface area is 320 Å². The highest BCUT2D eigenvalue weighted by Crippen LogP contribution is 2.66. The summed E-state index contributed by atoms with van der Waals surface area (Å²) in [6.45, 7) is 0. The molecule has 0 saturated carbocycles. The molecular weight excluding hydrogens is 665 g/mol. The predicted octanol–water partition coefficient (Wildman–Crippen LogP) is 13.3. The third kappa shape index (κ3) is 3.87. The lowest BCUT2D eigenvalue weighted by molar-refractivity contribution is 0.434. The summed E-state index contributed by atoms with van der Waals surface area (Å²) in [5.74, 6) is 1.76. The highest BCUT2D eigenvalue weighted by molar-refractivity contribution is 6.07. The van der Waals surface area contributed by atoms with Crippen LogP contribution in [-0.2, 0) is 10.8 Å². The summed E-state index contributed by atoms with van der Waals surface area (Å²) in [6, 6.07) is 76.2. The maximum atomic E-state index is 6.84. The van der Waals surface area contributed by atoms with Crippen LogP contribution in [0.25, 0.3) is 44.2 Å². The van der Waals surface area contributed by atoms with E-state index < -0.39 is 10.8 Å². The summed E-state index contributed by atoms with van der Waals surface area (Å²) in [4.78, 5) is 0. The van der Waals surface area contributed by atoms with E-state index in [4.69, 9.17) is 4.74 Å². The molecule has 0 bridgehead atoms. The fraction of sp³-hybridized carbons (Fsp3) is 0.0370. The minimum Gasteiger partial charge on any atom is -0.457 e. The minimum absolute atomic E-state index is 0.493. The van der Waals surface area contributed by atoms with Crippen molar-refractivity contribution >= 4 is 10.8 Å². The van der Waals surface area contributed by atoms with E-state index in [-0.39, 0.29) is 0 Å². The number of hydrogen-bond acceptors (Lipinski definition) is 1. The molecule has 1 atom stereocenters. The quantitative estimate of drug-likeness (QED) is 0.178. The minimum atomic E-state index is -0.604. The standard InChI is InChI=1S/C54H34O/c1-3-17-37(18-4-1)53(38-19-5-2-6-20-38)46-28-13-14-29-49(46)55-50-33-31-36(34-48(50)53)40-24-15-25-42-41-22-9-11-26-44(41)54(52(40)42)45-27-12-10-23-43(45)51-39-21-8-7-16-35(39)30-32-47(51)54/h1-34H. The SMILES string of the molecule is c1ccc(C2(c3ccccc3)c3ccccc3Oc3ccc(-c4cccc5c4C4(c6ccccc6-5)c5ccccc5-c5c4ccc4ccccc54)cc32)cc1. The molecule has 0 N–H and O–H groups in total. The Morgan fingerprint density at radius 3 is 1.69 bits per heavy atom. The van der Waals surface area contributed by atoms with E-state index in [0.29, 0.717) is 0 Å². The van der Waals surface area contributed by atoms with Crippen LogP contribution < -0.4 is 4.74 Å². The zero-order valence-electron chi connectivity index (χ0n) is 30.0. The van der Waals surface area contributed by atoms with E-state index >= 15 is 0 Å². The Bertz CT molecular complexity index is 2970. The third-order valence-electron chi connectivity index (χ3n) is 12.6. The Kier molecular flexibility index (Phi) is 6.25. The van der Waals surface area contributed by atoms with Gasteiger partial charge in [0.05, 0.1) is 10.8 Å². The molecule has 3 aliphatic rings. The zero-order chi connectivity index (χ0) is 36.1. The van der Waals surface area contributed by atoms with Gasteiger partial charge in [0.15, 0.2) is 0 Å². The van der Waals surface area contributed by atoms with E-state index in [1.807, 2.05) is 0 Å². The first-order valence-electron chi connectivity index (χ1n) is 19.2. The van der Waals surface area contributed by atoms with Gasteiger partial charge in [-0.2, -0.15) is 0 Å². The molecule has 0 saturated heterocycles. The second-order valence-electron chi connectivity index (χ2n) is 15.1. The van der Waals surface area contributed by atoms with Crippen molar-refractivity contribution in [2.45, 2.75) is 10.8 Å². The molecule has 12 rings (SSSR count). The first-order valence-corrected chi connectivity index (χ1v) is 19.2. The third-order valence-corrected chi connectivity index (χ3v) is 12.6. The molecule has 0 amide bonds. The summed E-state index contributed by atoms with van der Waals surface area (Å²) >= 11 is 0. The van der Waals surface area contributed by atoms with Crippen molar-refractivity contribution in [1.29, 1.82) is 0 Å². The second-order valence-corrected chi connectivity index (χ2v) is 15.1. The van der Waals surface area contributed by atoms with Crippen LogP contribution in [0.15, 0.2) is 206 Å². The van der Waals surface area contributed by atoms with Gasteiger partial charge in [0, 0.05) is 11.1 Å². The van der Waals surface area contributed by atoms with Gasteiger partial charge in [0.2, 0.25) is 0 Å². The van der Waals surface area contributed by atoms with E-state index in [1.54, 1.807) is 0 Å². The first kappa shape index (κ1) is 30.5. The van der Waals surface area contributed by atoms with Gasteiger partial charge >= 0.3 is 0 Å². The van der Waals surface area contributed by atoms with Crippen molar-refractivity contribution in [3.05, 3.63) is 251 Å². The highest BCUT2D eigenvalue weighted by Gasteiger charge is 2.53. The van der Waals surface area contributed by atoms with Crippen LogP contribution in [0.2, 0.25) is 0 Å². The molecule has 0 radical (unpaired) electrons. The lowest BCUT2D eigenvalue weighted by Gasteiger charge is -2.42. The van der Waals surface area contributed by atoms with Gasteiger partial charge in [-0.05, 0) is 95.7 Å². The smallest absolute Gasteiger partial charge is 0.132 e. The number of rotatable bonds is 3. The van der Waals surface area contributed by atoms with Crippen LogP contribution in [0.4, 0.5) is 0 Å². The first-order chi connectivity index (χ1) is 27.3. The van der Waals surface area contributed by atoms with Crippen LogP contribution in [0.1, 0.15) is 44.5 Å². The fourth-order valence-electron chi connectivity index (χ4n) is 10.6. The Morgan fingerprint density at radius 1 is 0.327 bits per heavy atom. The fourth-order valence-corrected chi connectivity index (χ4v) is 10.6. The molecule has 1 nitrogen and oxygen atoms in total. The van der Waals surface area contributed by atoms with Crippen LogP contribution in [0.5, 0.6) is 11.5 Å². The van der Waals surface area contributed by atoms with Gasteiger partial charge in [-0.25, -0.2) is 0 Å². The van der Waals surface area contributed by atoms with Crippen LogP contribution in [0.3, 0.4) is 0 Å². The van der Waals surface area contributed by atoms with Crippen molar-refractivity contribution in [3.63, 3.8) is 0 Å². The topological polar surface area (TPSA) is 9.23 Å². The summed E-state index contributed by atoms with van der Waals surface area (Å²) < 4.78 is 6.84. The molecule has 1 unspecified atom stereocenters. The normalized spacial score (nSPS) is 16.4. The summed E-state index contributed by atoms with van der Waals surface area (Å²) in [5.41, 5.74) is 16.7. The molecule has 9 aromatic rings. The molecule has 1 heterocycles. The highest BCUT2D eigenvalue weighted by atomic mass is 16.5. The Morgan fingerprint density at radius 2 is 0.909 bits per heavy atom. The molecule has 0 fully saturated rings. The molecule has 0 aromatic heterocycles. The number of ether oxygens (including phenoxy) is 1. The van der Waals surface area contributed by atoms with Crippen LogP contribution >= 0.6 is 0 Å². The largest absolute Gasteiger partial charge is 0.457 e. The molecule has 2 aliphatic carbocycles. The maximum Gasteiger partial charge on any atom is 0.132 e. The molecule has 1 heteroatoms. The summed E-state index contributed by atoms with van der Waals surface area (Å²) in [7, 11) is 0. The average Bonchev–Trinajstić information content (AvgIpc) is 3.74. The Balaban J connectivity index is 1.19.